The summed E-state index contributed by atoms with van der Waals surface area (Å²) in [6.07, 6.45) is 1.54. The van der Waals surface area contributed by atoms with Crippen LogP contribution in [0.15, 0.2) is 10.5 Å². The fourth-order valence-corrected chi connectivity index (χ4v) is 4.22. The van der Waals surface area contributed by atoms with E-state index in [9.17, 15) is 18.0 Å². The number of ether oxygens (including phenoxy) is 1. The van der Waals surface area contributed by atoms with Crippen molar-refractivity contribution in [1.29, 1.82) is 0 Å². The third-order valence-corrected chi connectivity index (χ3v) is 6.35. The van der Waals surface area contributed by atoms with Crippen molar-refractivity contribution in [3.63, 3.8) is 0 Å². The van der Waals surface area contributed by atoms with Crippen molar-refractivity contribution in [1.82, 2.24) is 10.6 Å². The van der Waals surface area contributed by atoms with Crippen LogP contribution >= 0.6 is 0 Å². The molecule has 1 amide bonds. The summed E-state index contributed by atoms with van der Waals surface area (Å²) in [6.45, 7) is 2.55. The number of esters is 1. The zero-order valence-electron chi connectivity index (χ0n) is 14.0. The second kappa shape index (κ2) is 6.94. The molecule has 0 spiro atoms. The SMILES string of the molecule is COC(=O)c1cc(CNC(=O)C2(S(C)(=O)=O)CCNCC2)oc1C. The first-order valence-electron chi connectivity index (χ1n) is 7.57. The number of hydrogen-bond donors (Lipinski definition) is 2. The Labute approximate surface area is 140 Å². The van der Waals surface area contributed by atoms with Crippen molar-refractivity contribution in [2.75, 3.05) is 26.5 Å². The second-order valence-corrected chi connectivity index (χ2v) is 8.20. The summed E-state index contributed by atoms with van der Waals surface area (Å²) in [6, 6.07) is 1.48. The first-order chi connectivity index (χ1) is 11.2. The zero-order chi connectivity index (χ0) is 18.0. The minimum absolute atomic E-state index is 0.00136. The number of carbonyl (C=O) groups is 2. The Morgan fingerprint density at radius 2 is 2.00 bits per heavy atom. The molecule has 1 saturated heterocycles. The van der Waals surface area contributed by atoms with E-state index in [-0.39, 0.29) is 24.9 Å². The van der Waals surface area contributed by atoms with Gasteiger partial charge in [-0.1, -0.05) is 0 Å². The van der Waals surface area contributed by atoms with E-state index in [1.54, 1.807) is 6.92 Å². The Balaban J connectivity index is 2.13. The third kappa shape index (κ3) is 3.46. The van der Waals surface area contributed by atoms with E-state index < -0.39 is 26.5 Å². The van der Waals surface area contributed by atoms with E-state index in [1.165, 1.54) is 13.2 Å². The predicted molar refractivity (Wildman–Crippen MR) is 86.3 cm³/mol. The molecule has 134 valence electrons. The monoisotopic (exact) mass is 358 g/mol. The maximum Gasteiger partial charge on any atom is 0.341 e. The van der Waals surface area contributed by atoms with E-state index in [2.05, 4.69) is 15.4 Å². The Morgan fingerprint density at radius 1 is 1.38 bits per heavy atom. The van der Waals surface area contributed by atoms with Crippen LogP contribution in [0.4, 0.5) is 0 Å². The van der Waals surface area contributed by atoms with Gasteiger partial charge in [0, 0.05) is 6.26 Å². The highest BCUT2D eigenvalue weighted by Gasteiger charge is 2.48. The molecular formula is C15H22N2O6S. The van der Waals surface area contributed by atoms with E-state index in [4.69, 9.17) is 4.42 Å². The molecule has 1 aliphatic heterocycles. The maximum atomic E-state index is 12.6. The smallest absolute Gasteiger partial charge is 0.341 e. The molecule has 0 atom stereocenters. The highest BCUT2D eigenvalue weighted by atomic mass is 32.2. The highest BCUT2D eigenvalue weighted by molar-refractivity contribution is 7.92. The molecular weight excluding hydrogens is 336 g/mol. The molecule has 0 radical (unpaired) electrons. The average Bonchev–Trinajstić information content (AvgIpc) is 2.92. The van der Waals surface area contributed by atoms with Crippen LogP contribution in [0.2, 0.25) is 0 Å². The molecule has 9 heteroatoms. The molecule has 2 rings (SSSR count). The number of piperidine rings is 1. The van der Waals surface area contributed by atoms with Gasteiger partial charge < -0.3 is 19.8 Å². The lowest BCUT2D eigenvalue weighted by Gasteiger charge is -2.34. The van der Waals surface area contributed by atoms with Gasteiger partial charge in [-0.05, 0) is 38.9 Å². The summed E-state index contributed by atoms with van der Waals surface area (Å²) in [5.41, 5.74) is 0.279. The molecule has 24 heavy (non-hydrogen) atoms. The van der Waals surface area contributed by atoms with Crippen LogP contribution in [0.25, 0.3) is 0 Å². The normalized spacial score (nSPS) is 17.3. The minimum Gasteiger partial charge on any atom is -0.465 e. The number of aryl methyl sites for hydroxylation is 1. The topological polar surface area (TPSA) is 115 Å². The van der Waals surface area contributed by atoms with Gasteiger partial charge in [-0.15, -0.1) is 0 Å². The van der Waals surface area contributed by atoms with Crippen molar-refractivity contribution in [3.8, 4) is 0 Å². The summed E-state index contributed by atoms with van der Waals surface area (Å²) >= 11 is 0. The summed E-state index contributed by atoms with van der Waals surface area (Å²) in [5.74, 6) is -0.329. The Kier molecular flexibility index (Phi) is 5.34. The van der Waals surface area contributed by atoms with Crippen molar-refractivity contribution >= 4 is 21.7 Å². The van der Waals surface area contributed by atoms with E-state index in [0.29, 0.717) is 24.6 Å². The average molecular weight is 358 g/mol. The molecule has 0 aromatic carbocycles. The van der Waals surface area contributed by atoms with Gasteiger partial charge in [0.25, 0.3) is 0 Å². The van der Waals surface area contributed by atoms with Crippen LogP contribution in [0, 0.1) is 6.92 Å². The molecule has 0 aliphatic carbocycles. The predicted octanol–water partition coefficient (Wildman–Crippen LogP) is 0.158. The molecule has 1 aliphatic rings. The van der Waals surface area contributed by atoms with E-state index >= 15 is 0 Å². The number of carbonyl (C=O) groups excluding carboxylic acids is 2. The number of furan rings is 1. The maximum absolute atomic E-state index is 12.6. The van der Waals surface area contributed by atoms with E-state index in [0.717, 1.165) is 6.26 Å². The lowest BCUT2D eigenvalue weighted by atomic mass is 9.96. The molecule has 1 aromatic heterocycles. The van der Waals surface area contributed by atoms with Gasteiger partial charge in [-0.25, -0.2) is 13.2 Å². The molecule has 2 N–H and O–H groups in total. The number of sulfone groups is 1. The van der Waals surface area contributed by atoms with E-state index in [1.807, 2.05) is 0 Å². The first kappa shape index (κ1) is 18.5. The van der Waals surface area contributed by atoms with Crippen molar-refractivity contribution in [2.45, 2.75) is 31.1 Å². The third-order valence-electron chi connectivity index (χ3n) is 4.33. The second-order valence-electron chi connectivity index (χ2n) is 5.87. The van der Waals surface area contributed by atoms with Gasteiger partial charge in [0.2, 0.25) is 5.91 Å². The van der Waals surface area contributed by atoms with Crippen molar-refractivity contribution in [3.05, 3.63) is 23.2 Å². The summed E-state index contributed by atoms with van der Waals surface area (Å²) in [5, 5.41) is 5.68. The zero-order valence-corrected chi connectivity index (χ0v) is 14.8. The number of methoxy groups -OCH3 is 1. The van der Waals surface area contributed by atoms with Gasteiger partial charge >= 0.3 is 5.97 Å². The minimum atomic E-state index is -3.57. The molecule has 0 unspecified atom stereocenters. The molecule has 0 saturated carbocycles. The Bertz CT molecular complexity index is 731. The number of nitrogens with one attached hydrogen (secondary N) is 2. The van der Waals surface area contributed by atoms with Crippen LogP contribution in [-0.2, 0) is 25.9 Å². The fraction of sp³-hybridized carbons (Fsp3) is 0.600. The lowest BCUT2D eigenvalue weighted by Crippen LogP contribution is -2.57. The number of amides is 1. The largest absolute Gasteiger partial charge is 0.465 e. The Morgan fingerprint density at radius 3 is 2.54 bits per heavy atom. The first-order valence-corrected chi connectivity index (χ1v) is 9.46. The van der Waals surface area contributed by atoms with Gasteiger partial charge in [-0.3, -0.25) is 4.79 Å². The molecule has 1 fully saturated rings. The van der Waals surface area contributed by atoms with Crippen LogP contribution in [-0.4, -0.2) is 51.5 Å². The van der Waals surface area contributed by atoms with Gasteiger partial charge in [0.15, 0.2) is 14.6 Å². The summed E-state index contributed by atoms with van der Waals surface area (Å²) in [4.78, 5) is 24.1. The van der Waals surface area contributed by atoms with Crippen LogP contribution in [0.3, 0.4) is 0 Å². The molecule has 0 bridgehead atoms. The standard InChI is InChI=1S/C15H22N2O6S/c1-10-12(13(18)22-2)8-11(23-10)9-17-14(19)15(24(3,20)21)4-6-16-7-5-15/h8,16H,4-7,9H2,1-3H3,(H,17,19). The Hall–Kier alpha value is -1.87. The summed E-state index contributed by atoms with van der Waals surface area (Å²) in [7, 11) is -2.30. The van der Waals surface area contributed by atoms with Crippen LogP contribution in [0.5, 0.6) is 0 Å². The van der Waals surface area contributed by atoms with Crippen molar-refractivity contribution in [2.24, 2.45) is 0 Å². The number of hydrogen-bond acceptors (Lipinski definition) is 7. The molecule has 1 aromatic rings. The summed E-state index contributed by atoms with van der Waals surface area (Å²) < 4.78 is 33.0. The van der Waals surface area contributed by atoms with Crippen LogP contribution in [0.1, 0.15) is 34.7 Å². The van der Waals surface area contributed by atoms with Gasteiger partial charge in [-0.2, -0.15) is 0 Å². The highest BCUT2D eigenvalue weighted by Crippen LogP contribution is 2.28. The number of rotatable bonds is 5. The van der Waals surface area contributed by atoms with Crippen LogP contribution < -0.4 is 10.6 Å². The molecule has 2 heterocycles. The quantitative estimate of drug-likeness (QED) is 0.720. The lowest BCUT2D eigenvalue weighted by molar-refractivity contribution is -0.124. The molecule has 8 nitrogen and oxygen atoms in total. The fourth-order valence-electron chi connectivity index (χ4n) is 2.87. The van der Waals surface area contributed by atoms with Crippen molar-refractivity contribution < 1.29 is 27.2 Å². The van der Waals surface area contributed by atoms with Gasteiger partial charge in [0.05, 0.1) is 13.7 Å². The van der Waals surface area contributed by atoms with Gasteiger partial charge in [0.1, 0.15) is 17.1 Å².